The number of nitrogens with two attached hydrogens (primary N) is 1. The van der Waals surface area contributed by atoms with Gasteiger partial charge in [-0.3, -0.25) is 0 Å². The van der Waals surface area contributed by atoms with Crippen LogP contribution in [0.5, 0.6) is 5.75 Å². The summed E-state index contributed by atoms with van der Waals surface area (Å²) in [6.45, 7) is 6.35. The summed E-state index contributed by atoms with van der Waals surface area (Å²) in [4.78, 5) is 0. The molecule has 2 unspecified atom stereocenters. The first kappa shape index (κ1) is 12.4. The van der Waals surface area contributed by atoms with E-state index in [4.69, 9.17) is 10.5 Å². The molecule has 1 aliphatic rings. The lowest BCUT2D eigenvalue weighted by atomic mass is 9.91. The van der Waals surface area contributed by atoms with E-state index in [1.807, 2.05) is 32.0 Å². The van der Waals surface area contributed by atoms with Crippen LogP contribution in [-0.2, 0) is 0 Å². The summed E-state index contributed by atoms with van der Waals surface area (Å²) in [6, 6.07) is 8.27. The number of rotatable bonds is 5. The number of hydrogen-bond donors (Lipinski definition) is 1. The van der Waals surface area contributed by atoms with Crippen LogP contribution < -0.4 is 10.5 Å². The second-order valence-electron chi connectivity index (χ2n) is 5.43. The molecule has 2 rings (SSSR count). The van der Waals surface area contributed by atoms with E-state index in [0.29, 0.717) is 5.92 Å². The fourth-order valence-corrected chi connectivity index (χ4v) is 2.32. The monoisotopic (exact) mass is 233 g/mol. The molecule has 0 aliphatic heterocycles. The molecule has 1 aromatic rings. The molecule has 0 radical (unpaired) electrons. The Morgan fingerprint density at radius 3 is 2.41 bits per heavy atom. The Morgan fingerprint density at radius 2 is 1.82 bits per heavy atom. The fourth-order valence-electron chi connectivity index (χ4n) is 2.32. The third-order valence-electron chi connectivity index (χ3n) is 3.57. The van der Waals surface area contributed by atoms with Gasteiger partial charge < -0.3 is 10.5 Å². The summed E-state index contributed by atoms with van der Waals surface area (Å²) in [7, 11) is 0. The molecular formula is C15H23NO. The lowest BCUT2D eigenvalue weighted by molar-refractivity contribution is 0.236. The molecule has 2 N–H and O–H groups in total. The molecule has 1 aliphatic carbocycles. The van der Waals surface area contributed by atoms with E-state index < -0.39 is 0 Å². The van der Waals surface area contributed by atoms with Crippen LogP contribution in [0, 0.1) is 11.8 Å². The summed E-state index contributed by atoms with van der Waals surface area (Å²) in [6.07, 6.45) is 2.86. The van der Waals surface area contributed by atoms with Gasteiger partial charge in [-0.25, -0.2) is 0 Å². The first-order valence-electron chi connectivity index (χ1n) is 6.60. The number of hydrogen-bond acceptors (Lipinski definition) is 2. The first-order chi connectivity index (χ1) is 8.09. The van der Waals surface area contributed by atoms with Crippen molar-refractivity contribution in [3.63, 3.8) is 0 Å². The smallest absolute Gasteiger partial charge is 0.124 e. The van der Waals surface area contributed by atoms with Crippen molar-refractivity contribution in [2.45, 2.75) is 45.8 Å². The van der Waals surface area contributed by atoms with Crippen molar-refractivity contribution in [3.8, 4) is 5.75 Å². The molecule has 2 heteroatoms. The van der Waals surface area contributed by atoms with Crippen molar-refractivity contribution < 1.29 is 4.74 Å². The van der Waals surface area contributed by atoms with Gasteiger partial charge in [0.15, 0.2) is 0 Å². The zero-order chi connectivity index (χ0) is 12.4. The molecule has 0 bridgehead atoms. The highest BCUT2D eigenvalue weighted by Crippen LogP contribution is 2.43. The van der Waals surface area contributed by atoms with Gasteiger partial charge in [-0.1, -0.05) is 25.1 Å². The topological polar surface area (TPSA) is 35.2 Å². The molecule has 0 spiro atoms. The van der Waals surface area contributed by atoms with Crippen molar-refractivity contribution in [1.29, 1.82) is 0 Å². The molecule has 1 saturated carbocycles. The van der Waals surface area contributed by atoms with Gasteiger partial charge in [0.1, 0.15) is 5.75 Å². The van der Waals surface area contributed by atoms with Crippen molar-refractivity contribution in [3.05, 3.63) is 29.8 Å². The predicted octanol–water partition coefficient (Wildman–Crippen LogP) is 3.52. The fraction of sp³-hybridized carbons (Fsp3) is 0.600. The summed E-state index contributed by atoms with van der Waals surface area (Å²) < 4.78 is 5.84. The molecule has 0 amide bonds. The average molecular weight is 233 g/mol. The molecule has 17 heavy (non-hydrogen) atoms. The van der Waals surface area contributed by atoms with Gasteiger partial charge in [-0.2, -0.15) is 0 Å². The quantitative estimate of drug-likeness (QED) is 0.844. The summed E-state index contributed by atoms with van der Waals surface area (Å²) in [5.41, 5.74) is 7.53. The van der Waals surface area contributed by atoms with Gasteiger partial charge in [-0.05, 0) is 44.6 Å². The van der Waals surface area contributed by atoms with E-state index in [1.165, 1.54) is 12.8 Å². The van der Waals surface area contributed by atoms with Crippen LogP contribution in [0.15, 0.2) is 24.3 Å². The first-order valence-corrected chi connectivity index (χ1v) is 6.60. The Morgan fingerprint density at radius 1 is 1.18 bits per heavy atom. The SMILES string of the molecule is CC(C)Oc1ccccc1C(N)C(C)C1CC1. The van der Waals surface area contributed by atoms with Gasteiger partial charge in [0.2, 0.25) is 0 Å². The summed E-state index contributed by atoms with van der Waals surface area (Å²) in [5.74, 6) is 2.31. The Hall–Kier alpha value is -1.02. The van der Waals surface area contributed by atoms with E-state index in [1.54, 1.807) is 0 Å². The van der Waals surface area contributed by atoms with Crippen molar-refractivity contribution in [1.82, 2.24) is 0 Å². The lowest BCUT2D eigenvalue weighted by Gasteiger charge is -2.23. The maximum Gasteiger partial charge on any atom is 0.124 e. The van der Waals surface area contributed by atoms with Gasteiger partial charge in [0.05, 0.1) is 6.10 Å². The molecule has 2 nitrogen and oxygen atoms in total. The number of ether oxygens (including phenoxy) is 1. The normalized spacial score (nSPS) is 19.1. The van der Waals surface area contributed by atoms with Crippen molar-refractivity contribution >= 4 is 0 Å². The van der Waals surface area contributed by atoms with Crippen molar-refractivity contribution in [2.75, 3.05) is 0 Å². The minimum atomic E-state index is 0.0949. The molecule has 0 saturated heterocycles. The van der Waals surface area contributed by atoms with E-state index in [0.717, 1.165) is 17.2 Å². The highest BCUT2D eigenvalue weighted by atomic mass is 16.5. The van der Waals surface area contributed by atoms with E-state index in [-0.39, 0.29) is 12.1 Å². The molecule has 1 aromatic carbocycles. The average Bonchev–Trinajstić information content (AvgIpc) is 3.11. The molecule has 2 atom stereocenters. The van der Waals surface area contributed by atoms with E-state index in [9.17, 15) is 0 Å². The largest absolute Gasteiger partial charge is 0.491 e. The minimum absolute atomic E-state index is 0.0949. The van der Waals surface area contributed by atoms with E-state index >= 15 is 0 Å². The highest BCUT2D eigenvalue weighted by molar-refractivity contribution is 5.36. The van der Waals surface area contributed by atoms with Crippen LogP contribution in [0.4, 0.5) is 0 Å². The standard InChI is InChI=1S/C15H23NO/c1-10(2)17-14-7-5-4-6-13(14)15(16)11(3)12-8-9-12/h4-7,10-12,15H,8-9,16H2,1-3H3. The highest BCUT2D eigenvalue weighted by Gasteiger charge is 2.33. The second kappa shape index (κ2) is 5.09. The summed E-state index contributed by atoms with van der Waals surface area (Å²) >= 11 is 0. The molecule has 1 fully saturated rings. The minimum Gasteiger partial charge on any atom is -0.491 e. The third kappa shape index (κ3) is 3.01. The maximum atomic E-state index is 6.38. The van der Waals surface area contributed by atoms with Crippen LogP contribution in [0.25, 0.3) is 0 Å². The number of benzene rings is 1. The molecule has 0 heterocycles. The van der Waals surface area contributed by atoms with Crippen LogP contribution >= 0.6 is 0 Å². The van der Waals surface area contributed by atoms with Crippen LogP contribution in [0.3, 0.4) is 0 Å². The van der Waals surface area contributed by atoms with Crippen LogP contribution in [0.1, 0.15) is 45.2 Å². The molecular weight excluding hydrogens is 210 g/mol. The Labute approximate surface area is 104 Å². The Balaban J connectivity index is 2.17. The van der Waals surface area contributed by atoms with E-state index in [2.05, 4.69) is 13.0 Å². The van der Waals surface area contributed by atoms with Crippen LogP contribution in [-0.4, -0.2) is 6.10 Å². The maximum absolute atomic E-state index is 6.38. The van der Waals surface area contributed by atoms with Crippen molar-refractivity contribution in [2.24, 2.45) is 17.6 Å². The lowest BCUT2D eigenvalue weighted by Crippen LogP contribution is -2.22. The molecule has 94 valence electrons. The predicted molar refractivity (Wildman–Crippen MR) is 71.0 cm³/mol. The zero-order valence-electron chi connectivity index (χ0n) is 11.0. The zero-order valence-corrected chi connectivity index (χ0v) is 11.0. The second-order valence-corrected chi connectivity index (χ2v) is 5.43. The summed E-state index contributed by atoms with van der Waals surface area (Å²) in [5, 5.41) is 0. The molecule has 0 aromatic heterocycles. The van der Waals surface area contributed by atoms with Gasteiger partial charge >= 0.3 is 0 Å². The van der Waals surface area contributed by atoms with Crippen LogP contribution in [0.2, 0.25) is 0 Å². The van der Waals surface area contributed by atoms with Gasteiger partial charge in [0, 0.05) is 11.6 Å². The Bertz CT molecular complexity index is 371. The van der Waals surface area contributed by atoms with Gasteiger partial charge in [-0.15, -0.1) is 0 Å². The Kier molecular flexibility index (Phi) is 3.72. The number of para-hydroxylation sites is 1. The third-order valence-corrected chi connectivity index (χ3v) is 3.57. The van der Waals surface area contributed by atoms with Gasteiger partial charge in [0.25, 0.3) is 0 Å².